The van der Waals surface area contributed by atoms with Crippen molar-refractivity contribution >= 4 is 22.4 Å². The van der Waals surface area contributed by atoms with Crippen LogP contribution in [0.15, 0.2) is 47.8 Å². The molecule has 1 aromatic heterocycles. The molecule has 5 nitrogen and oxygen atoms in total. The van der Waals surface area contributed by atoms with Gasteiger partial charge in [0.2, 0.25) is 0 Å². The molecule has 2 aromatic carbocycles. The number of amides is 1. The molecule has 3 rings (SSSR count). The number of unbranched alkanes of at least 4 members (excludes halogenated alkanes) is 1. The highest BCUT2D eigenvalue weighted by molar-refractivity contribution is 7.14. The summed E-state index contributed by atoms with van der Waals surface area (Å²) < 4.78 is 11.3. The molecular formula is C23H26N2O3S. The second-order valence-corrected chi connectivity index (χ2v) is 7.78. The summed E-state index contributed by atoms with van der Waals surface area (Å²) in [6.45, 7) is 6.82. The van der Waals surface area contributed by atoms with E-state index in [1.54, 1.807) is 0 Å². The Balaban J connectivity index is 1.53. The van der Waals surface area contributed by atoms with Gasteiger partial charge in [-0.05, 0) is 67.8 Å². The number of rotatable bonds is 9. The number of hydrogen-bond acceptors (Lipinski definition) is 5. The first-order valence-electron chi connectivity index (χ1n) is 9.73. The molecule has 0 saturated heterocycles. The summed E-state index contributed by atoms with van der Waals surface area (Å²) in [5, 5.41) is 5.27. The minimum Gasteiger partial charge on any atom is -0.494 e. The highest BCUT2D eigenvalue weighted by Gasteiger charge is 2.09. The zero-order chi connectivity index (χ0) is 20.6. The number of aromatic nitrogens is 1. The maximum absolute atomic E-state index is 12.2. The van der Waals surface area contributed by atoms with E-state index in [-0.39, 0.29) is 12.5 Å². The maximum atomic E-state index is 12.2. The fourth-order valence-electron chi connectivity index (χ4n) is 2.84. The van der Waals surface area contributed by atoms with Crippen LogP contribution in [0.2, 0.25) is 0 Å². The Kier molecular flexibility index (Phi) is 7.25. The number of aryl methyl sites for hydroxylation is 2. The van der Waals surface area contributed by atoms with Crippen LogP contribution < -0.4 is 14.8 Å². The summed E-state index contributed by atoms with van der Waals surface area (Å²) in [6, 6.07) is 13.7. The Morgan fingerprint density at radius 3 is 2.45 bits per heavy atom. The lowest BCUT2D eigenvalue weighted by atomic mass is 10.1. The van der Waals surface area contributed by atoms with Crippen LogP contribution in [-0.4, -0.2) is 24.1 Å². The molecule has 0 unspecified atom stereocenters. The summed E-state index contributed by atoms with van der Waals surface area (Å²) in [5.74, 6) is 1.32. The van der Waals surface area contributed by atoms with Crippen molar-refractivity contribution in [2.24, 2.45) is 0 Å². The van der Waals surface area contributed by atoms with Crippen LogP contribution in [0, 0.1) is 13.8 Å². The standard InChI is InChI=1S/C23H26N2O3S/c1-4-5-10-27-19-8-6-18(7-9-19)21-15-29-23(24-21)25-22(26)14-28-20-12-16(2)11-17(3)13-20/h6-9,11-13,15H,4-5,10,14H2,1-3H3,(H,24,25,26). The van der Waals surface area contributed by atoms with Gasteiger partial charge >= 0.3 is 0 Å². The Morgan fingerprint density at radius 2 is 1.76 bits per heavy atom. The number of carbonyl (C=O) groups is 1. The Labute approximate surface area is 175 Å². The molecule has 0 aliphatic carbocycles. The predicted octanol–water partition coefficient (Wildman–Crippen LogP) is 5.62. The smallest absolute Gasteiger partial charge is 0.264 e. The first-order valence-corrected chi connectivity index (χ1v) is 10.6. The van der Waals surface area contributed by atoms with Crippen molar-refractivity contribution in [1.82, 2.24) is 4.98 Å². The third-order valence-corrected chi connectivity index (χ3v) is 4.99. The van der Waals surface area contributed by atoms with Gasteiger partial charge < -0.3 is 9.47 Å². The van der Waals surface area contributed by atoms with E-state index < -0.39 is 0 Å². The number of nitrogens with one attached hydrogen (secondary N) is 1. The fourth-order valence-corrected chi connectivity index (χ4v) is 3.58. The fraction of sp³-hybridized carbons (Fsp3) is 0.304. The number of nitrogens with zero attached hydrogens (tertiary/aromatic N) is 1. The normalized spacial score (nSPS) is 10.6. The SMILES string of the molecule is CCCCOc1ccc(-c2csc(NC(=O)COc3cc(C)cc(C)c3)n2)cc1. The molecule has 29 heavy (non-hydrogen) atoms. The predicted molar refractivity (Wildman–Crippen MR) is 118 cm³/mol. The molecule has 1 amide bonds. The van der Waals surface area contributed by atoms with Gasteiger partial charge in [0, 0.05) is 10.9 Å². The second-order valence-electron chi connectivity index (χ2n) is 6.92. The molecule has 152 valence electrons. The van der Waals surface area contributed by atoms with Crippen molar-refractivity contribution in [3.63, 3.8) is 0 Å². The molecular weight excluding hydrogens is 384 g/mol. The molecule has 0 atom stereocenters. The lowest BCUT2D eigenvalue weighted by Crippen LogP contribution is -2.20. The van der Waals surface area contributed by atoms with E-state index in [9.17, 15) is 4.79 Å². The summed E-state index contributed by atoms with van der Waals surface area (Å²) >= 11 is 1.39. The molecule has 0 bridgehead atoms. The first-order chi connectivity index (χ1) is 14.0. The largest absolute Gasteiger partial charge is 0.494 e. The van der Waals surface area contributed by atoms with Crippen LogP contribution in [0.5, 0.6) is 11.5 Å². The van der Waals surface area contributed by atoms with Crippen molar-refractivity contribution in [3.8, 4) is 22.8 Å². The third kappa shape index (κ3) is 6.32. The molecule has 1 N–H and O–H groups in total. The van der Waals surface area contributed by atoms with E-state index in [1.165, 1.54) is 11.3 Å². The average Bonchev–Trinajstić information content (AvgIpc) is 3.15. The van der Waals surface area contributed by atoms with Crippen molar-refractivity contribution in [2.75, 3.05) is 18.5 Å². The number of anilines is 1. The summed E-state index contributed by atoms with van der Waals surface area (Å²) in [7, 11) is 0. The van der Waals surface area contributed by atoms with Gasteiger partial charge in [-0.25, -0.2) is 4.98 Å². The van der Waals surface area contributed by atoms with Gasteiger partial charge in [-0.2, -0.15) is 0 Å². The lowest BCUT2D eigenvalue weighted by Gasteiger charge is -2.08. The van der Waals surface area contributed by atoms with Crippen molar-refractivity contribution < 1.29 is 14.3 Å². The van der Waals surface area contributed by atoms with Gasteiger partial charge in [-0.1, -0.05) is 19.4 Å². The maximum Gasteiger partial charge on any atom is 0.264 e. The Bertz CT molecular complexity index is 931. The van der Waals surface area contributed by atoms with E-state index in [4.69, 9.17) is 9.47 Å². The van der Waals surface area contributed by atoms with Crippen molar-refractivity contribution in [3.05, 3.63) is 59.0 Å². The number of thiazole rings is 1. The van der Waals surface area contributed by atoms with Crippen LogP contribution in [0.4, 0.5) is 5.13 Å². The van der Waals surface area contributed by atoms with E-state index >= 15 is 0 Å². The first kappa shape index (κ1) is 20.9. The van der Waals surface area contributed by atoms with Crippen LogP contribution in [-0.2, 0) is 4.79 Å². The molecule has 0 radical (unpaired) electrons. The Morgan fingerprint density at radius 1 is 1.03 bits per heavy atom. The van der Waals surface area contributed by atoms with E-state index in [2.05, 4.69) is 23.3 Å². The molecule has 0 aliphatic rings. The quantitative estimate of drug-likeness (QED) is 0.465. The zero-order valence-electron chi connectivity index (χ0n) is 17.0. The van der Waals surface area contributed by atoms with E-state index in [0.717, 1.165) is 47.6 Å². The molecule has 0 fully saturated rings. The van der Waals surface area contributed by atoms with Gasteiger partial charge in [-0.15, -0.1) is 11.3 Å². The topological polar surface area (TPSA) is 60.5 Å². The van der Waals surface area contributed by atoms with Crippen LogP contribution >= 0.6 is 11.3 Å². The second kappa shape index (κ2) is 10.1. The van der Waals surface area contributed by atoms with Crippen LogP contribution in [0.1, 0.15) is 30.9 Å². The average molecular weight is 411 g/mol. The van der Waals surface area contributed by atoms with Crippen molar-refractivity contribution in [2.45, 2.75) is 33.6 Å². The number of benzene rings is 2. The zero-order valence-corrected chi connectivity index (χ0v) is 17.8. The van der Waals surface area contributed by atoms with Crippen LogP contribution in [0.25, 0.3) is 11.3 Å². The lowest BCUT2D eigenvalue weighted by molar-refractivity contribution is -0.118. The van der Waals surface area contributed by atoms with Crippen molar-refractivity contribution in [1.29, 1.82) is 0 Å². The monoisotopic (exact) mass is 410 g/mol. The van der Waals surface area contributed by atoms with E-state index in [1.807, 2.05) is 55.6 Å². The molecule has 1 heterocycles. The van der Waals surface area contributed by atoms with E-state index in [0.29, 0.717) is 10.9 Å². The molecule has 0 aliphatic heterocycles. The summed E-state index contributed by atoms with van der Waals surface area (Å²) in [4.78, 5) is 16.7. The Hall–Kier alpha value is -2.86. The molecule has 6 heteroatoms. The third-order valence-electron chi connectivity index (χ3n) is 4.23. The van der Waals surface area contributed by atoms with Gasteiger partial charge in [0.05, 0.1) is 12.3 Å². The highest BCUT2D eigenvalue weighted by Crippen LogP contribution is 2.26. The molecule has 0 saturated carbocycles. The minimum atomic E-state index is -0.232. The summed E-state index contributed by atoms with van der Waals surface area (Å²) in [5.41, 5.74) is 4.01. The number of ether oxygens (including phenoxy) is 2. The van der Waals surface area contributed by atoms with Gasteiger partial charge in [0.1, 0.15) is 11.5 Å². The highest BCUT2D eigenvalue weighted by atomic mass is 32.1. The number of carbonyl (C=O) groups excluding carboxylic acids is 1. The molecule has 3 aromatic rings. The summed E-state index contributed by atoms with van der Waals surface area (Å²) in [6.07, 6.45) is 2.16. The van der Waals surface area contributed by atoms with Gasteiger partial charge in [-0.3, -0.25) is 10.1 Å². The minimum absolute atomic E-state index is 0.0540. The number of hydrogen-bond donors (Lipinski definition) is 1. The van der Waals surface area contributed by atoms with Gasteiger partial charge in [0.15, 0.2) is 11.7 Å². The van der Waals surface area contributed by atoms with Crippen LogP contribution in [0.3, 0.4) is 0 Å². The molecule has 0 spiro atoms. The van der Waals surface area contributed by atoms with Gasteiger partial charge in [0.25, 0.3) is 5.91 Å².